The first-order valence-corrected chi connectivity index (χ1v) is 8.66. The molecule has 0 aliphatic rings. The van der Waals surface area contributed by atoms with Crippen molar-refractivity contribution >= 4 is 29.3 Å². The minimum atomic E-state index is -4.69. The van der Waals surface area contributed by atoms with E-state index in [4.69, 9.17) is 16.3 Å². The molecule has 0 bridgehead atoms. The van der Waals surface area contributed by atoms with Gasteiger partial charge in [0.15, 0.2) is 0 Å². The number of hydrogen-bond donors (Lipinski definition) is 1. The largest absolute Gasteiger partial charge is 0.466 e. The molecule has 0 atom stereocenters. The summed E-state index contributed by atoms with van der Waals surface area (Å²) in [5, 5.41) is 2.48. The van der Waals surface area contributed by atoms with Crippen molar-refractivity contribution in [2.75, 3.05) is 11.9 Å². The Bertz CT molecular complexity index is 868. The van der Waals surface area contributed by atoms with Crippen LogP contribution >= 0.6 is 11.6 Å². The summed E-state index contributed by atoms with van der Waals surface area (Å²) in [6, 6.07) is 4.45. The summed E-state index contributed by atoms with van der Waals surface area (Å²) in [4.78, 5) is 31.5. The highest BCUT2D eigenvalue weighted by atomic mass is 35.5. The van der Waals surface area contributed by atoms with Crippen LogP contribution in [0.1, 0.15) is 40.7 Å². The predicted octanol–water partition coefficient (Wildman–Crippen LogP) is 4.21. The van der Waals surface area contributed by atoms with Crippen LogP contribution in [0.3, 0.4) is 0 Å². The number of rotatable bonds is 6. The van der Waals surface area contributed by atoms with Crippen LogP contribution in [0.5, 0.6) is 0 Å². The molecule has 28 heavy (non-hydrogen) atoms. The molecule has 0 unspecified atom stereocenters. The molecular formula is C18H17ClF3N3O3. The van der Waals surface area contributed by atoms with Crippen molar-refractivity contribution in [1.29, 1.82) is 0 Å². The smallest absolute Gasteiger partial charge is 0.416 e. The molecule has 1 N–H and O–H groups in total. The molecule has 2 rings (SSSR count). The van der Waals surface area contributed by atoms with Gasteiger partial charge in [-0.25, -0.2) is 9.97 Å². The molecule has 0 spiro atoms. The number of anilines is 1. The van der Waals surface area contributed by atoms with Crippen LogP contribution in [-0.2, 0) is 22.1 Å². The van der Waals surface area contributed by atoms with Crippen molar-refractivity contribution in [1.82, 2.24) is 9.97 Å². The van der Waals surface area contributed by atoms with E-state index in [1.807, 2.05) is 0 Å². The molecule has 6 nitrogen and oxygen atoms in total. The van der Waals surface area contributed by atoms with Crippen molar-refractivity contribution in [2.24, 2.45) is 0 Å². The Labute approximate surface area is 164 Å². The number of carbonyl (C=O) groups excluding carboxylic acids is 2. The van der Waals surface area contributed by atoms with Crippen LogP contribution in [0.15, 0.2) is 24.3 Å². The van der Waals surface area contributed by atoms with Gasteiger partial charge >= 0.3 is 12.1 Å². The van der Waals surface area contributed by atoms with E-state index in [-0.39, 0.29) is 41.5 Å². The van der Waals surface area contributed by atoms with Gasteiger partial charge < -0.3 is 10.1 Å². The van der Waals surface area contributed by atoms with E-state index in [1.165, 1.54) is 18.2 Å². The number of aromatic nitrogens is 2. The molecule has 0 saturated carbocycles. The van der Waals surface area contributed by atoms with E-state index in [1.54, 1.807) is 13.8 Å². The van der Waals surface area contributed by atoms with Crippen molar-refractivity contribution in [3.05, 3.63) is 51.9 Å². The molecule has 1 amide bonds. The molecular weight excluding hydrogens is 399 g/mol. The number of ether oxygens (including phenoxy) is 1. The number of alkyl halides is 3. The average Bonchev–Trinajstić information content (AvgIpc) is 2.58. The van der Waals surface area contributed by atoms with Gasteiger partial charge in [0.05, 0.1) is 12.2 Å². The van der Waals surface area contributed by atoms with Gasteiger partial charge in [-0.3, -0.25) is 9.59 Å². The number of nitrogens with zero attached hydrogens (tertiary/aromatic N) is 2. The lowest BCUT2D eigenvalue weighted by Crippen LogP contribution is -2.17. The highest BCUT2D eigenvalue weighted by molar-refractivity contribution is 6.29. The third kappa shape index (κ3) is 5.91. The van der Waals surface area contributed by atoms with E-state index in [0.717, 1.165) is 6.07 Å². The SMILES string of the molecule is CCOC(=O)CCc1ccc(C(=O)Nc2cc(Cl)nc(C)n2)cc1C(F)(F)F. The zero-order valence-corrected chi connectivity index (χ0v) is 15.8. The highest BCUT2D eigenvalue weighted by Crippen LogP contribution is 2.33. The fraction of sp³-hybridized carbons (Fsp3) is 0.333. The Morgan fingerprint density at radius 3 is 2.54 bits per heavy atom. The van der Waals surface area contributed by atoms with E-state index < -0.39 is 23.6 Å². The second-order valence-corrected chi connectivity index (χ2v) is 6.14. The summed E-state index contributed by atoms with van der Waals surface area (Å²) in [5.74, 6) is -0.999. The molecule has 150 valence electrons. The fourth-order valence-corrected chi connectivity index (χ4v) is 2.68. The molecule has 0 radical (unpaired) electrons. The number of halogens is 4. The van der Waals surface area contributed by atoms with Gasteiger partial charge in [-0.05, 0) is 38.0 Å². The van der Waals surface area contributed by atoms with Crippen molar-refractivity contribution < 1.29 is 27.5 Å². The summed E-state index contributed by atoms with van der Waals surface area (Å²) in [7, 11) is 0. The first-order chi connectivity index (χ1) is 13.1. The molecule has 1 aromatic carbocycles. The maximum atomic E-state index is 13.4. The Morgan fingerprint density at radius 1 is 1.21 bits per heavy atom. The van der Waals surface area contributed by atoms with Crippen LogP contribution in [0, 0.1) is 6.92 Å². The van der Waals surface area contributed by atoms with Crippen LogP contribution in [-0.4, -0.2) is 28.5 Å². The summed E-state index contributed by atoms with van der Waals surface area (Å²) in [5.41, 5.74) is -1.29. The van der Waals surface area contributed by atoms with Gasteiger partial charge in [-0.2, -0.15) is 13.2 Å². The van der Waals surface area contributed by atoms with Crippen molar-refractivity contribution in [3.8, 4) is 0 Å². The number of benzene rings is 1. The predicted molar refractivity (Wildman–Crippen MR) is 96.1 cm³/mol. The van der Waals surface area contributed by atoms with Crippen molar-refractivity contribution in [3.63, 3.8) is 0 Å². The van der Waals surface area contributed by atoms with Gasteiger partial charge in [0.25, 0.3) is 5.91 Å². The monoisotopic (exact) mass is 415 g/mol. The molecule has 0 saturated heterocycles. The van der Waals surface area contributed by atoms with Crippen LogP contribution in [0.25, 0.3) is 0 Å². The second-order valence-electron chi connectivity index (χ2n) is 5.75. The zero-order valence-electron chi connectivity index (χ0n) is 15.1. The van der Waals surface area contributed by atoms with Crippen molar-refractivity contribution in [2.45, 2.75) is 32.9 Å². The molecule has 1 heterocycles. The third-order valence-corrected chi connectivity index (χ3v) is 3.82. The second kappa shape index (κ2) is 9.01. The van der Waals surface area contributed by atoms with E-state index in [0.29, 0.717) is 5.82 Å². The third-order valence-electron chi connectivity index (χ3n) is 3.63. The van der Waals surface area contributed by atoms with Crippen LogP contribution in [0.4, 0.5) is 19.0 Å². The quantitative estimate of drug-likeness (QED) is 0.564. The van der Waals surface area contributed by atoms with Gasteiger partial charge in [-0.1, -0.05) is 17.7 Å². The van der Waals surface area contributed by atoms with Gasteiger partial charge in [0.1, 0.15) is 16.8 Å². The standard InChI is InChI=1S/C18H17ClF3N3O3/c1-3-28-16(26)7-6-11-4-5-12(8-13(11)18(20,21)22)17(27)25-15-9-14(19)23-10(2)24-15/h4-5,8-9H,3,6-7H2,1-2H3,(H,23,24,25,27). The number of aryl methyl sites for hydroxylation is 2. The van der Waals surface area contributed by atoms with E-state index in [9.17, 15) is 22.8 Å². The highest BCUT2D eigenvalue weighted by Gasteiger charge is 2.34. The van der Waals surface area contributed by atoms with Gasteiger partial charge in [0.2, 0.25) is 0 Å². The number of hydrogen-bond acceptors (Lipinski definition) is 5. The lowest BCUT2D eigenvalue weighted by Gasteiger charge is -2.14. The van der Waals surface area contributed by atoms with Gasteiger partial charge in [0, 0.05) is 18.1 Å². The Kier molecular flexibility index (Phi) is 6.95. The van der Waals surface area contributed by atoms with Gasteiger partial charge in [-0.15, -0.1) is 0 Å². The minimum absolute atomic E-state index is 0.0717. The summed E-state index contributed by atoms with van der Waals surface area (Å²) in [6.45, 7) is 3.32. The lowest BCUT2D eigenvalue weighted by atomic mass is 9.99. The molecule has 1 aromatic heterocycles. The first kappa shape index (κ1) is 21.6. The summed E-state index contributed by atoms with van der Waals surface area (Å²) >= 11 is 5.78. The molecule has 10 heteroatoms. The first-order valence-electron chi connectivity index (χ1n) is 8.28. The average molecular weight is 416 g/mol. The Hall–Kier alpha value is -2.68. The van der Waals surface area contributed by atoms with E-state index >= 15 is 0 Å². The summed E-state index contributed by atoms with van der Waals surface area (Å²) in [6.07, 6.45) is -5.04. The number of carbonyl (C=O) groups is 2. The van der Waals surface area contributed by atoms with Crippen LogP contribution < -0.4 is 5.32 Å². The molecule has 0 aliphatic carbocycles. The van der Waals surface area contributed by atoms with E-state index in [2.05, 4.69) is 15.3 Å². The maximum Gasteiger partial charge on any atom is 0.416 e. The maximum absolute atomic E-state index is 13.4. The van der Waals surface area contributed by atoms with Crippen LogP contribution in [0.2, 0.25) is 5.15 Å². The normalized spacial score (nSPS) is 11.2. The molecule has 2 aromatic rings. The molecule has 0 aliphatic heterocycles. The number of nitrogens with one attached hydrogen (secondary N) is 1. The lowest BCUT2D eigenvalue weighted by molar-refractivity contribution is -0.144. The minimum Gasteiger partial charge on any atom is -0.466 e. The topological polar surface area (TPSA) is 81.2 Å². The summed E-state index contributed by atoms with van der Waals surface area (Å²) < 4.78 is 45.0. The zero-order chi connectivity index (χ0) is 20.9. The number of amides is 1. The fourth-order valence-electron chi connectivity index (χ4n) is 2.45. The Morgan fingerprint density at radius 2 is 1.93 bits per heavy atom. The number of esters is 1. The Balaban J connectivity index is 2.25. The molecule has 0 fully saturated rings.